The Morgan fingerprint density at radius 3 is 2.50 bits per heavy atom. The molecule has 2 saturated carbocycles. The van der Waals surface area contributed by atoms with Crippen LogP contribution in [0.25, 0.3) is 0 Å². The minimum Gasteiger partial charge on any atom is -0.381 e. The monoisotopic (exact) mass is 252 g/mol. The molecule has 3 aliphatic rings. The minimum absolute atomic E-state index is 0.147. The number of nitrogens with one attached hydrogen (secondary N) is 2. The number of carbonyl (C=O) groups is 1. The Bertz CT molecular complexity index is 305. The van der Waals surface area contributed by atoms with Crippen molar-refractivity contribution < 1.29 is 9.53 Å². The second-order valence-electron chi connectivity index (χ2n) is 6.19. The van der Waals surface area contributed by atoms with Crippen molar-refractivity contribution in [3.05, 3.63) is 0 Å². The van der Waals surface area contributed by atoms with E-state index >= 15 is 0 Å². The van der Waals surface area contributed by atoms with Gasteiger partial charge in [0.25, 0.3) is 0 Å². The first-order chi connectivity index (χ1) is 8.78. The molecule has 1 heterocycles. The quantitative estimate of drug-likeness (QED) is 0.743. The zero-order chi connectivity index (χ0) is 12.4. The van der Waals surface area contributed by atoms with E-state index in [9.17, 15) is 4.79 Å². The predicted octanol–water partition coefficient (Wildman–Crippen LogP) is 1.06. The van der Waals surface area contributed by atoms with Crippen molar-refractivity contribution >= 4 is 5.91 Å². The van der Waals surface area contributed by atoms with Gasteiger partial charge in [-0.05, 0) is 49.9 Å². The van der Waals surface area contributed by atoms with Crippen molar-refractivity contribution in [3.63, 3.8) is 0 Å². The summed E-state index contributed by atoms with van der Waals surface area (Å²) in [5.41, 5.74) is 0.582. The SMILES string of the molecule is O=C(CNCC1(C2CC2)CC1)NC1CCOCC1. The third kappa shape index (κ3) is 3.04. The molecule has 0 aromatic heterocycles. The Labute approximate surface area is 109 Å². The van der Waals surface area contributed by atoms with Crippen molar-refractivity contribution in [2.75, 3.05) is 26.3 Å². The first kappa shape index (κ1) is 12.4. The molecule has 0 spiro atoms. The van der Waals surface area contributed by atoms with E-state index in [4.69, 9.17) is 4.74 Å². The van der Waals surface area contributed by atoms with Gasteiger partial charge in [0.05, 0.1) is 6.54 Å². The Kier molecular flexibility index (Phi) is 3.57. The summed E-state index contributed by atoms with van der Waals surface area (Å²) in [5.74, 6) is 1.11. The molecule has 2 N–H and O–H groups in total. The number of carbonyl (C=O) groups excluding carboxylic acids is 1. The molecule has 2 aliphatic carbocycles. The van der Waals surface area contributed by atoms with E-state index in [0.29, 0.717) is 18.0 Å². The number of rotatable bonds is 6. The van der Waals surface area contributed by atoms with Crippen LogP contribution in [0.2, 0.25) is 0 Å². The van der Waals surface area contributed by atoms with Crippen LogP contribution >= 0.6 is 0 Å². The van der Waals surface area contributed by atoms with Crippen molar-refractivity contribution in [2.24, 2.45) is 11.3 Å². The summed E-state index contributed by atoms with van der Waals surface area (Å²) in [4.78, 5) is 11.8. The molecule has 4 nitrogen and oxygen atoms in total. The summed E-state index contributed by atoms with van der Waals surface area (Å²) in [7, 11) is 0. The molecule has 0 aromatic carbocycles. The maximum absolute atomic E-state index is 11.8. The molecule has 1 amide bonds. The van der Waals surface area contributed by atoms with Gasteiger partial charge in [-0.25, -0.2) is 0 Å². The lowest BCUT2D eigenvalue weighted by atomic mass is 10.0. The van der Waals surface area contributed by atoms with Crippen molar-refractivity contribution in [1.82, 2.24) is 10.6 Å². The molecule has 0 unspecified atom stereocenters. The molecule has 102 valence electrons. The van der Waals surface area contributed by atoms with Gasteiger partial charge in [-0.3, -0.25) is 4.79 Å². The van der Waals surface area contributed by atoms with Gasteiger partial charge in [0.2, 0.25) is 5.91 Å². The van der Waals surface area contributed by atoms with Crippen molar-refractivity contribution in [3.8, 4) is 0 Å². The molecule has 4 heteroatoms. The molecule has 3 fully saturated rings. The molecule has 0 atom stereocenters. The molecule has 1 saturated heterocycles. The second kappa shape index (κ2) is 5.17. The smallest absolute Gasteiger partial charge is 0.234 e. The summed E-state index contributed by atoms with van der Waals surface area (Å²) in [6.45, 7) is 3.08. The number of amides is 1. The van der Waals surface area contributed by atoms with Gasteiger partial charge < -0.3 is 15.4 Å². The maximum atomic E-state index is 11.8. The van der Waals surface area contributed by atoms with Crippen molar-refractivity contribution in [1.29, 1.82) is 0 Å². The summed E-state index contributed by atoms with van der Waals surface area (Å²) < 4.78 is 5.28. The fourth-order valence-corrected chi connectivity index (χ4v) is 3.13. The van der Waals surface area contributed by atoms with Crippen LogP contribution in [0.5, 0.6) is 0 Å². The molecular weight excluding hydrogens is 228 g/mol. The van der Waals surface area contributed by atoms with E-state index in [0.717, 1.165) is 38.5 Å². The summed E-state index contributed by atoms with van der Waals surface area (Å²) >= 11 is 0. The van der Waals surface area contributed by atoms with Gasteiger partial charge in [0, 0.05) is 25.8 Å². The van der Waals surface area contributed by atoms with Gasteiger partial charge in [0.15, 0.2) is 0 Å². The summed E-state index contributed by atoms with van der Waals surface area (Å²) in [5, 5.41) is 6.44. The summed E-state index contributed by atoms with van der Waals surface area (Å²) in [6.07, 6.45) is 7.47. The largest absolute Gasteiger partial charge is 0.381 e. The lowest BCUT2D eigenvalue weighted by molar-refractivity contribution is -0.121. The lowest BCUT2D eigenvalue weighted by Gasteiger charge is -2.23. The molecule has 0 aromatic rings. The van der Waals surface area contributed by atoms with E-state index in [1.807, 2.05) is 0 Å². The standard InChI is InChI=1S/C14H24N2O2/c17-13(16-12-3-7-18-8-4-12)9-15-10-14(5-6-14)11-1-2-11/h11-12,15H,1-10H2,(H,16,17). The summed E-state index contributed by atoms with van der Waals surface area (Å²) in [6, 6.07) is 0.325. The zero-order valence-corrected chi connectivity index (χ0v) is 11.0. The van der Waals surface area contributed by atoms with Crippen LogP contribution < -0.4 is 10.6 Å². The topological polar surface area (TPSA) is 50.4 Å². The van der Waals surface area contributed by atoms with E-state index in [2.05, 4.69) is 10.6 Å². The molecule has 3 rings (SSSR count). The highest BCUT2D eigenvalue weighted by molar-refractivity contribution is 5.78. The average molecular weight is 252 g/mol. The molecule has 1 aliphatic heterocycles. The highest BCUT2D eigenvalue weighted by Crippen LogP contribution is 2.60. The van der Waals surface area contributed by atoms with Gasteiger partial charge in [-0.15, -0.1) is 0 Å². The molecular formula is C14H24N2O2. The Hall–Kier alpha value is -0.610. The first-order valence-electron chi connectivity index (χ1n) is 7.36. The lowest BCUT2D eigenvalue weighted by Crippen LogP contribution is -2.44. The highest BCUT2D eigenvalue weighted by atomic mass is 16.5. The normalized spacial score (nSPS) is 26.9. The zero-order valence-electron chi connectivity index (χ0n) is 11.0. The van der Waals surface area contributed by atoms with Crippen LogP contribution in [0.3, 0.4) is 0 Å². The Balaban J connectivity index is 1.31. The fourth-order valence-electron chi connectivity index (χ4n) is 3.13. The number of hydrogen-bond acceptors (Lipinski definition) is 3. The molecule has 0 radical (unpaired) electrons. The average Bonchev–Trinajstić information content (AvgIpc) is 3.24. The van der Waals surface area contributed by atoms with E-state index in [1.54, 1.807) is 0 Å². The van der Waals surface area contributed by atoms with Crippen LogP contribution in [0.15, 0.2) is 0 Å². The first-order valence-corrected chi connectivity index (χ1v) is 7.36. The highest BCUT2D eigenvalue weighted by Gasteiger charge is 2.53. The Morgan fingerprint density at radius 2 is 1.89 bits per heavy atom. The molecule has 0 bridgehead atoms. The van der Waals surface area contributed by atoms with E-state index in [-0.39, 0.29) is 5.91 Å². The van der Waals surface area contributed by atoms with E-state index < -0.39 is 0 Å². The second-order valence-corrected chi connectivity index (χ2v) is 6.19. The van der Waals surface area contributed by atoms with Crippen LogP contribution in [0.4, 0.5) is 0 Å². The van der Waals surface area contributed by atoms with Crippen LogP contribution in [-0.4, -0.2) is 38.3 Å². The number of ether oxygens (including phenoxy) is 1. The third-order valence-electron chi connectivity index (χ3n) is 4.68. The van der Waals surface area contributed by atoms with Crippen molar-refractivity contribution in [2.45, 2.75) is 44.6 Å². The Morgan fingerprint density at radius 1 is 1.17 bits per heavy atom. The number of hydrogen-bond donors (Lipinski definition) is 2. The van der Waals surface area contributed by atoms with Crippen LogP contribution in [0, 0.1) is 11.3 Å². The fraction of sp³-hybridized carbons (Fsp3) is 0.929. The van der Waals surface area contributed by atoms with Crippen LogP contribution in [0.1, 0.15) is 38.5 Å². The van der Waals surface area contributed by atoms with Gasteiger partial charge in [-0.1, -0.05) is 0 Å². The van der Waals surface area contributed by atoms with Crippen LogP contribution in [-0.2, 0) is 9.53 Å². The van der Waals surface area contributed by atoms with Gasteiger partial charge >= 0.3 is 0 Å². The van der Waals surface area contributed by atoms with E-state index in [1.165, 1.54) is 25.7 Å². The molecule has 18 heavy (non-hydrogen) atoms. The predicted molar refractivity (Wildman–Crippen MR) is 69.2 cm³/mol. The third-order valence-corrected chi connectivity index (χ3v) is 4.68. The van der Waals surface area contributed by atoms with Gasteiger partial charge in [-0.2, -0.15) is 0 Å². The minimum atomic E-state index is 0.147. The maximum Gasteiger partial charge on any atom is 0.234 e. The van der Waals surface area contributed by atoms with Gasteiger partial charge in [0.1, 0.15) is 0 Å².